The Morgan fingerprint density at radius 1 is 1.16 bits per heavy atom. The summed E-state index contributed by atoms with van der Waals surface area (Å²) in [6.07, 6.45) is 5.96. The number of amides is 3. The molecule has 0 aliphatic carbocycles. The number of hydrogen-bond donors (Lipinski definition) is 2. The average Bonchev–Trinajstić information content (AvgIpc) is 3.37. The number of carbonyl (C=O) groups excluding carboxylic acids is 3. The minimum absolute atomic E-state index is 0.00592. The van der Waals surface area contributed by atoms with Crippen LogP contribution >= 0.6 is 0 Å². The summed E-state index contributed by atoms with van der Waals surface area (Å²) in [6, 6.07) is 7.49. The largest absolute Gasteiger partial charge is 0.355 e. The Morgan fingerprint density at radius 3 is 2.76 bits per heavy atom. The van der Waals surface area contributed by atoms with Crippen LogP contribution in [0.25, 0.3) is 0 Å². The lowest BCUT2D eigenvalue weighted by Crippen LogP contribution is -2.53. The number of nitrogens with zero attached hydrogens (tertiary/aromatic N) is 3. The van der Waals surface area contributed by atoms with Crippen LogP contribution in [0.1, 0.15) is 54.6 Å². The first-order valence-electron chi connectivity index (χ1n) is 13.1. The summed E-state index contributed by atoms with van der Waals surface area (Å²) >= 11 is 0. The molecule has 2 aromatic rings. The van der Waals surface area contributed by atoms with Crippen molar-refractivity contribution in [1.82, 2.24) is 25.4 Å². The number of benzene rings is 1. The molecule has 1 aromatic carbocycles. The number of nitrogens with one attached hydrogen (secondary N) is 2. The van der Waals surface area contributed by atoms with E-state index in [1.807, 2.05) is 30.9 Å². The molecule has 1 aromatic heterocycles. The third-order valence-electron chi connectivity index (χ3n) is 7.13. The molecule has 1 fully saturated rings. The summed E-state index contributed by atoms with van der Waals surface area (Å²) < 4.78 is 14.7. The topological polar surface area (TPSA) is 94.6 Å². The molecule has 3 heterocycles. The summed E-state index contributed by atoms with van der Waals surface area (Å²) in [4.78, 5) is 47.3. The molecular weight excluding hydrogens is 473 g/mol. The fourth-order valence-electron chi connectivity index (χ4n) is 5.02. The highest BCUT2D eigenvalue weighted by atomic mass is 19.1. The highest BCUT2D eigenvalue weighted by Gasteiger charge is 2.37. The van der Waals surface area contributed by atoms with Crippen molar-refractivity contribution >= 4 is 17.7 Å². The summed E-state index contributed by atoms with van der Waals surface area (Å²) in [5, 5.41) is 6.11. The molecule has 3 amide bonds. The SMILES string of the molecule is CC(C)[C@@H]1CN(Cc2cccnc2)CC(=O)NCCCc2ccc(F)c(c2)C(=O)N2CCC[C@H]2C(=O)N1. The predicted molar refractivity (Wildman–Crippen MR) is 138 cm³/mol. The smallest absolute Gasteiger partial charge is 0.257 e. The van der Waals surface area contributed by atoms with E-state index in [9.17, 15) is 18.8 Å². The highest BCUT2D eigenvalue weighted by molar-refractivity contribution is 5.98. The quantitative estimate of drug-likeness (QED) is 0.663. The number of carbonyl (C=O) groups is 3. The van der Waals surface area contributed by atoms with Crippen LogP contribution in [-0.2, 0) is 22.6 Å². The molecule has 2 aliphatic rings. The van der Waals surface area contributed by atoms with E-state index in [2.05, 4.69) is 15.6 Å². The molecule has 0 saturated carbocycles. The molecule has 2 aliphatic heterocycles. The zero-order valence-corrected chi connectivity index (χ0v) is 21.6. The lowest BCUT2D eigenvalue weighted by Gasteiger charge is -2.32. The van der Waals surface area contributed by atoms with Crippen molar-refractivity contribution in [3.05, 3.63) is 65.2 Å². The number of fused-ring (bicyclic) bond motifs is 3. The Bertz CT molecular complexity index is 1110. The van der Waals surface area contributed by atoms with E-state index < -0.39 is 17.8 Å². The number of aryl methyl sites for hydroxylation is 1. The van der Waals surface area contributed by atoms with Crippen LogP contribution in [0.2, 0.25) is 0 Å². The molecule has 198 valence electrons. The predicted octanol–water partition coefficient (Wildman–Crippen LogP) is 2.53. The molecule has 1 saturated heterocycles. The standard InChI is InChI=1S/C28H36FN5O3/c1-19(2)24-17-33(16-21-7-3-11-30-15-21)18-26(35)31-12-4-6-20-9-10-23(29)22(14-20)28(37)34-13-5-8-25(34)27(36)32-24/h3,7,9-11,14-15,19,24-25H,4-6,8,12-13,16-18H2,1-2H3,(H,31,35)(H,32,36)/t24-,25-/m0/s1. The lowest BCUT2D eigenvalue weighted by molar-refractivity contribution is -0.126. The molecule has 8 nitrogen and oxygen atoms in total. The second-order valence-electron chi connectivity index (χ2n) is 10.3. The Labute approximate surface area is 217 Å². The van der Waals surface area contributed by atoms with Crippen molar-refractivity contribution in [2.75, 3.05) is 26.2 Å². The molecule has 0 unspecified atom stereocenters. The van der Waals surface area contributed by atoms with Crippen molar-refractivity contribution < 1.29 is 18.8 Å². The zero-order valence-electron chi connectivity index (χ0n) is 21.6. The summed E-state index contributed by atoms with van der Waals surface area (Å²) in [7, 11) is 0. The molecule has 4 rings (SSSR count). The molecule has 37 heavy (non-hydrogen) atoms. The van der Waals surface area contributed by atoms with Gasteiger partial charge in [0.15, 0.2) is 0 Å². The van der Waals surface area contributed by atoms with E-state index in [1.54, 1.807) is 24.5 Å². The van der Waals surface area contributed by atoms with Crippen LogP contribution in [0.15, 0.2) is 42.7 Å². The van der Waals surface area contributed by atoms with Gasteiger partial charge in [-0.25, -0.2) is 4.39 Å². The first kappa shape index (κ1) is 26.7. The van der Waals surface area contributed by atoms with Gasteiger partial charge in [0.2, 0.25) is 11.8 Å². The van der Waals surface area contributed by atoms with Crippen molar-refractivity contribution in [2.45, 2.75) is 58.2 Å². The minimum atomic E-state index is -0.650. The van der Waals surface area contributed by atoms with E-state index >= 15 is 0 Å². The van der Waals surface area contributed by atoms with E-state index in [4.69, 9.17) is 0 Å². The number of rotatable bonds is 3. The minimum Gasteiger partial charge on any atom is -0.355 e. The number of hydrogen-bond acceptors (Lipinski definition) is 5. The van der Waals surface area contributed by atoms with Gasteiger partial charge in [0.05, 0.1) is 12.1 Å². The lowest BCUT2D eigenvalue weighted by atomic mass is 10.0. The molecule has 2 atom stereocenters. The zero-order chi connectivity index (χ0) is 26.4. The summed E-state index contributed by atoms with van der Waals surface area (Å²) in [5.74, 6) is -1.29. The molecule has 2 N–H and O–H groups in total. The summed E-state index contributed by atoms with van der Waals surface area (Å²) in [5.41, 5.74) is 1.79. The Kier molecular flexibility index (Phi) is 8.87. The van der Waals surface area contributed by atoms with Crippen molar-refractivity contribution in [2.24, 2.45) is 5.92 Å². The second kappa shape index (κ2) is 12.3. The molecule has 9 heteroatoms. The van der Waals surface area contributed by atoms with Crippen LogP contribution in [-0.4, -0.2) is 70.8 Å². The maximum Gasteiger partial charge on any atom is 0.257 e. The fraction of sp³-hybridized carbons (Fsp3) is 0.500. The van der Waals surface area contributed by atoms with Gasteiger partial charge in [-0.3, -0.25) is 24.3 Å². The Hall–Kier alpha value is -3.33. The third kappa shape index (κ3) is 6.91. The summed E-state index contributed by atoms with van der Waals surface area (Å²) in [6.45, 7) is 6.09. The van der Waals surface area contributed by atoms with Crippen LogP contribution in [0, 0.1) is 11.7 Å². The Morgan fingerprint density at radius 2 is 2.00 bits per heavy atom. The van der Waals surface area contributed by atoms with E-state index in [-0.39, 0.29) is 35.9 Å². The van der Waals surface area contributed by atoms with E-state index in [1.165, 1.54) is 11.0 Å². The number of aromatic nitrogens is 1. The maximum absolute atomic E-state index is 14.7. The molecule has 0 radical (unpaired) electrons. The second-order valence-corrected chi connectivity index (χ2v) is 10.3. The molecule has 2 bridgehead atoms. The van der Waals surface area contributed by atoms with Crippen molar-refractivity contribution in [3.8, 4) is 0 Å². The maximum atomic E-state index is 14.7. The first-order valence-corrected chi connectivity index (χ1v) is 13.1. The van der Waals surface area contributed by atoms with Gasteiger partial charge in [-0.05, 0) is 60.9 Å². The van der Waals surface area contributed by atoms with Gasteiger partial charge in [0.1, 0.15) is 11.9 Å². The van der Waals surface area contributed by atoms with Crippen LogP contribution in [0.3, 0.4) is 0 Å². The number of pyridine rings is 1. The van der Waals surface area contributed by atoms with Crippen molar-refractivity contribution in [3.63, 3.8) is 0 Å². The number of halogens is 1. The van der Waals surface area contributed by atoms with E-state index in [0.29, 0.717) is 51.9 Å². The average molecular weight is 510 g/mol. The molecular formula is C28H36FN5O3. The normalized spacial score (nSPS) is 22.4. The van der Waals surface area contributed by atoms with Gasteiger partial charge < -0.3 is 15.5 Å². The van der Waals surface area contributed by atoms with Crippen LogP contribution < -0.4 is 10.6 Å². The van der Waals surface area contributed by atoms with Gasteiger partial charge in [-0.15, -0.1) is 0 Å². The third-order valence-corrected chi connectivity index (χ3v) is 7.13. The van der Waals surface area contributed by atoms with Gasteiger partial charge in [-0.2, -0.15) is 0 Å². The van der Waals surface area contributed by atoms with Crippen LogP contribution in [0.5, 0.6) is 0 Å². The fourth-order valence-corrected chi connectivity index (χ4v) is 5.02. The van der Waals surface area contributed by atoms with Gasteiger partial charge in [-0.1, -0.05) is 26.0 Å². The highest BCUT2D eigenvalue weighted by Crippen LogP contribution is 2.23. The van der Waals surface area contributed by atoms with Gasteiger partial charge >= 0.3 is 0 Å². The van der Waals surface area contributed by atoms with Crippen LogP contribution in [0.4, 0.5) is 4.39 Å². The van der Waals surface area contributed by atoms with Gasteiger partial charge in [0, 0.05) is 44.6 Å². The first-order chi connectivity index (χ1) is 17.8. The Balaban J connectivity index is 1.61. The molecule has 0 spiro atoms. The van der Waals surface area contributed by atoms with E-state index in [0.717, 1.165) is 11.1 Å². The monoisotopic (exact) mass is 509 g/mol. The van der Waals surface area contributed by atoms with Crippen molar-refractivity contribution in [1.29, 1.82) is 0 Å². The van der Waals surface area contributed by atoms with Gasteiger partial charge in [0.25, 0.3) is 5.91 Å².